The van der Waals surface area contributed by atoms with Crippen molar-refractivity contribution in [3.05, 3.63) is 54.2 Å². The molecule has 0 bridgehead atoms. The highest BCUT2D eigenvalue weighted by Crippen LogP contribution is 2.40. The number of ether oxygens (including phenoxy) is 1. The Morgan fingerprint density at radius 1 is 1.12 bits per heavy atom. The lowest BCUT2D eigenvalue weighted by Gasteiger charge is -2.27. The Kier molecular flexibility index (Phi) is 5.57. The molecular formula is C25H27FN6O2. The molecule has 1 aliphatic heterocycles. The molecule has 3 heterocycles. The number of aromatic nitrogens is 4. The van der Waals surface area contributed by atoms with E-state index in [-0.39, 0.29) is 11.7 Å². The van der Waals surface area contributed by atoms with Crippen LogP contribution in [0.3, 0.4) is 0 Å². The van der Waals surface area contributed by atoms with Gasteiger partial charge in [0.05, 0.1) is 41.9 Å². The molecule has 0 saturated carbocycles. The number of hydrogen-bond acceptors (Lipinski definition) is 7. The fourth-order valence-electron chi connectivity index (χ4n) is 4.43. The summed E-state index contributed by atoms with van der Waals surface area (Å²) in [6, 6.07) is 7.04. The van der Waals surface area contributed by atoms with E-state index < -0.39 is 11.6 Å². The summed E-state index contributed by atoms with van der Waals surface area (Å²) in [6.45, 7) is 6.18. The molecule has 176 valence electrons. The minimum Gasteiger partial charge on any atom is -0.505 e. The minimum atomic E-state index is -0.681. The van der Waals surface area contributed by atoms with Crippen molar-refractivity contribution < 1.29 is 14.2 Å². The normalized spacial score (nSPS) is 14.5. The number of methoxy groups -OCH3 is 1. The van der Waals surface area contributed by atoms with E-state index >= 15 is 4.39 Å². The van der Waals surface area contributed by atoms with Gasteiger partial charge in [-0.25, -0.2) is 9.37 Å². The van der Waals surface area contributed by atoms with E-state index in [0.717, 1.165) is 33.5 Å². The summed E-state index contributed by atoms with van der Waals surface area (Å²) in [5.41, 5.74) is 5.20. The maximum absolute atomic E-state index is 15.2. The number of benzene rings is 2. The molecule has 5 rings (SSSR count). The molecule has 0 unspecified atom stereocenters. The smallest absolute Gasteiger partial charge is 0.188 e. The van der Waals surface area contributed by atoms with Gasteiger partial charge in [0.25, 0.3) is 0 Å². The molecule has 9 heteroatoms. The first-order valence-corrected chi connectivity index (χ1v) is 11.2. The Bertz CT molecular complexity index is 1370. The summed E-state index contributed by atoms with van der Waals surface area (Å²) in [5, 5.41) is 14.5. The maximum atomic E-state index is 15.2. The van der Waals surface area contributed by atoms with E-state index in [4.69, 9.17) is 9.72 Å². The second-order valence-electron chi connectivity index (χ2n) is 8.78. The predicted octanol–water partition coefficient (Wildman–Crippen LogP) is 4.25. The van der Waals surface area contributed by atoms with E-state index in [0.29, 0.717) is 25.4 Å². The zero-order chi connectivity index (χ0) is 24.0. The lowest BCUT2D eigenvalue weighted by Crippen LogP contribution is -2.34. The Labute approximate surface area is 197 Å². The van der Waals surface area contributed by atoms with Crippen LogP contribution in [0.4, 0.5) is 15.8 Å². The van der Waals surface area contributed by atoms with Crippen LogP contribution in [0.2, 0.25) is 0 Å². The number of aromatic hydroxyl groups is 1. The molecular weight excluding hydrogens is 435 g/mol. The van der Waals surface area contributed by atoms with Gasteiger partial charge in [0.2, 0.25) is 0 Å². The van der Waals surface area contributed by atoms with E-state index in [1.165, 1.54) is 13.2 Å². The summed E-state index contributed by atoms with van der Waals surface area (Å²) in [4.78, 5) is 13.9. The topological polar surface area (TPSA) is 79.5 Å². The highest BCUT2D eigenvalue weighted by Gasteiger charge is 2.28. The molecule has 2 aromatic carbocycles. The highest BCUT2D eigenvalue weighted by atomic mass is 19.1. The van der Waals surface area contributed by atoms with Crippen LogP contribution in [0.15, 0.2) is 42.9 Å². The van der Waals surface area contributed by atoms with Crippen molar-refractivity contribution >= 4 is 22.4 Å². The van der Waals surface area contributed by atoms with E-state index in [2.05, 4.69) is 28.8 Å². The molecule has 34 heavy (non-hydrogen) atoms. The van der Waals surface area contributed by atoms with Crippen LogP contribution >= 0.6 is 0 Å². The number of anilines is 2. The first-order chi connectivity index (χ1) is 16.4. The fourth-order valence-corrected chi connectivity index (χ4v) is 4.43. The summed E-state index contributed by atoms with van der Waals surface area (Å²) in [5.74, 6) is -0.736. The third kappa shape index (κ3) is 3.81. The lowest BCUT2D eigenvalue weighted by atomic mass is 10.1. The molecule has 0 saturated heterocycles. The van der Waals surface area contributed by atoms with Gasteiger partial charge in [-0.1, -0.05) is 0 Å². The minimum absolute atomic E-state index is 0.263. The van der Waals surface area contributed by atoms with Crippen molar-refractivity contribution in [1.82, 2.24) is 24.6 Å². The molecule has 0 spiro atoms. The van der Waals surface area contributed by atoms with Gasteiger partial charge < -0.3 is 14.7 Å². The van der Waals surface area contributed by atoms with Gasteiger partial charge in [-0.2, -0.15) is 5.10 Å². The van der Waals surface area contributed by atoms with E-state index in [9.17, 15) is 5.11 Å². The van der Waals surface area contributed by atoms with Crippen LogP contribution < -0.4 is 9.64 Å². The molecule has 0 radical (unpaired) electrons. The average Bonchev–Trinajstić information content (AvgIpc) is 3.16. The summed E-state index contributed by atoms with van der Waals surface area (Å²) in [6.07, 6.45) is 5.41. The lowest BCUT2D eigenvalue weighted by molar-refractivity contribution is 0.224. The Balaban J connectivity index is 1.73. The Morgan fingerprint density at radius 2 is 1.94 bits per heavy atom. The fraction of sp³-hybridized carbons (Fsp3) is 0.320. The van der Waals surface area contributed by atoms with Crippen molar-refractivity contribution in [1.29, 1.82) is 0 Å². The number of hydrogen-bond donors (Lipinski definition) is 1. The second-order valence-corrected chi connectivity index (χ2v) is 8.78. The highest BCUT2D eigenvalue weighted by molar-refractivity contribution is 5.87. The van der Waals surface area contributed by atoms with Crippen LogP contribution in [-0.4, -0.2) is 56.0 Å². The number of phenols is 1. The van der Waals surface area contributed by atoms with Crippen molar-refractivity contribution in [2.45, 2.75) is 26.4 Å². The van der Waals surface area contributed by atoms with Crippen LogP contribution in [0.25, 0.3) is 22.3 Å². The molecule has 4 aromatic rings. The number of phenolic OH excluding ortho intramolecular Hbond substituents is 1. The predicted molar refractivity (Wildman–Crippen MR) is 129 cm³/mol. The van der Waals surface area contributed by atoms with Gasteiger partial charge in [-0.05, 0) is 26.0 Å². The average molecular weight is 463 g/mol. The molecule has 0 atom stereocenters. The Hall–Kier alpha value is -3.72. The van der Waals surface area contributed by atoms with Crippen LogP contribution in [0, 0.1) is 5.82 Å². The van der Waals surface area contributed by atoms with Gasteiger partial charge >= 0.3 is 0 Å². The van der Waals surface area contributed by atoms with Gasteiger partial charge in [-0.3, -0.25) is 14.6 Å². The number of fused-ring (bicyclic) bond motifs is 3. The van der Waals surface area contributed by atoms with Crippen molar-refractivity contribution in [2.24, 2.45) is 7.05 Å². The molecule has 1 aliphatic rings. The Morgan fingerprint density at radius 3 is 2.65 bits per heavy atom. The van der Waals surface area contributed by atoms with Gasteiger partial charge in [0.1, 0.15) is 5.75 Å². The van der Waals surface area contributed by atoms with Crippen molar-refractivity contribution in [3.63, 3.8) is 0 Å². The number of aryl methyl sites for hydroxylation is 1. The SMILES string of the molecule is COc1cc(O)c(F)c(N2CCN(C(C)C)Cc3c2ccc2ncc(-c4cnn(C)c4)nc32)c1. The number of halogens is 1. The van der Waals surface area contributed by atoms with Gasteiger partial charge in [0.15, 0.2) is 11.6 Å². The maximum Gasteiger partial charge on any atom is 0.188 e. The first kappa shape index (κ1) is 22.1. The molecule has 8 nitrogen and oxygen atoms in total. The van der Waals surface area contributed by atoms with E-state index in [1.807, 2.05) is 30.3 Å². The summed E-state index contributed by atoms with van der Waals surface area (Å²) >= 11 is 0. The largest absolute Gasteiger partial charge is 0.505 e. The molecule has 0 fully saturated rings. The van der Waals surface area contributed by atoms with Crippen LogP contribution in [0.5, 0.6) is 11.5 Å². The number of nitrogens with zero attached hydrogens (tertiary/aromatic N) is 6. The molecule has 1 N–H and O–H groups in total. The van der Waals surface area contributed by atoms with Gasteiger partial charge in [-0.15, -0.1) is 0 Å². The second kappa shape index (κ2) is 8.57. The summed E-state index contributed by atoms with van der Waals surface area (Å²) < 4.78 is 22.2. The first-order valence-electron chi connectivity index (χ1n) is 11.2. The van der Waals surface area contributed by atoms with Crippen LogP contribution in [-0.2, 0) is 13.6 Å². The monoisotopic (exact) mass is 462 g/mol. The van der Waals surface area contributed by atoms with E-state index in [1.54, 1.807) is 23.1 Å². The standard InChI is InChI=1S/C25H27FN6O2/c1-15(2)31-7-8-32(22-9-17(34-4)10-23(33)24(22)26)21-6-5-19-25(18(21)14-31)29-20(12-27-19)16-11-28-30(3)13-16/h5-6,9-13,15,33H,7-8,14H2,1-4H3. The van der Waals surface area contributed by atoms with Crippen molar-refractivity contribution in [3.8, 4) is 22.8 Å². The molecule has 0 aliphatic carbocycles. The molecule has 0 amide bonds. The van der Waals surface area contributed by atoms with Crippen molar-refractivity contribution in [2.75, 3.05) is 25.1 Å². The molecule has 2 aromatic heterocycles. The summed E-state index contributed by atoms with van der Waals surface area (Å²) in [7, 11) is 3.36. The quantitative estimate of drug-likeness (QED) is 0.486. The zero-order valence-corrected chi connectivity index (χ0v) is 19.7. The van der Waals surface area contributed by atoms with Gasteiger partial charge in [0, 0.05) is 67.9 Å². The number of rotatable bonds is 4. The third-order valence-corrected chi connectivity index (χ3v) is 6.32. The van der Waals surface area contributed by atoms with Crippen LogP contribution in [0.1, 0.15) is 19.4 Å². The zero-order valence-electron chi connectivity index (χ0n) is 19.7. The third-order valence-electron chi connectivity index (χ3n) is 6.32.